The maximum absolute atomic E-state index is 11.9. The lowest BCUT2D eigenvalue weighted by Crippen LogP contribution is -2.24. The molecule has 17 heavy (non-hydrogen) atoms. The van der Waals surface area contributed by atoms with Gasteiger partial charge in [-0.15, -0.1) is 0 Å². The number of carbonyl (C=O) groups is 1. The van der Waals surface area contributed by atoms with Crippen LogP contribution in [0.25, 0.3) is 0 Å². The van der Waals surface area contributed by atoms with Crippen molar-refractivity contribution >= 4 is 24.2 Å². The number of hydrogen-bond acceptors (Lipinski definition) is 3. The Labute approximate surface area is 107 Å². The number of anilines is 1. The largest absolute Gasteiger partial charge is 0.389 e. The van der Waals surface area contributed by atoms with Crippen molar-refractivity contribution in [1.29, 1.82) is 0 Å². The second kappa shape index (κ2) is 5.10. The number of aliphatic hydroxyl groups is 1. The van der Waals surface area contributed by atoms with Crippen LogP contribution in [0.1, 0.15) is 25.0 Å². The molecule has 0 saturated carbocycles. The Morgan fingerprint density at radius 1 is 1.59 bits per heavy atom. The zero-order valence-corrected chi connectivity index (χ0v) is 10.7. The van der Waals surface area contributed by atoms with Crippen LogP contribution < -0.4 is 4.90 Å². The van der Waals surface area contributed by atoms with Gasteiger partial charge in [0.25, 0.3) is 0 Å². The number of carbonyl (C=O) groups excluding carboxylic acids is 1. The highest BCUT2D eigenvalue weighted by Crippen LogP contribution is 2.27. The second-order valence-electron chi connectivity index (χ2n) is 4.53. The predicted molar refractivity (Wildman–Crippen MR) is 71.4 cm³/mol. The van der Waals surface area contributed by atoms with Crippen LogP contribution in [0.3, 0.4) is 0 Å². The van der Waals surface area contributed by atoms with E-state index in [1.54, 1.807) is 11.8 Å². The zero-order chi connectivity index (χ0) is 12.4. The van der Waals surface area contributed by atoms with Gasteiger partial charge in [0, 0.05) is 18.7 Å². The molecule has 1 fully saturated rings. The van der Waals surface area contributed by atoms with Crippen LogP contribution in [0.4, 0.5) is 5.69 Å². The highest BCUT2D eigenvalue weighted by Gasteiger charge is 2.29. The molecule has 0 radical (unpaired) electrons. The zero-order valence-electron chi connectivity index (χ0n) is 9.84. The molecule has 2 atom stereocenters. The smallest absolute Gasteiger partial charge is 0.227 e. The molecule has 1 amide bonds. The van der Waals surface area contributed by atoms with Crippen LogP contribution in [0.5, 0.6) is 0 Å². The molecule has 2 rings (SSSR count). The molecule has 3 nitrogen and oxygen atoms in total. The van der Waals surface area contributed by atoms with Crippen molar-refractivity contribution in [3.05, 3.63) is 29.8 Å². The normalized spacial score (nSPS) is 21.9. The van der Waals surface area contributed by atoms with E-state index in [9.17, 15) is 9.90 Å². The molecule has 2 unspecified atom stereocenters. The first-order chi connectivity index (χ1) is 8.11. The van der Waals surface area contributed by atoms with Crippen molar-refractivity contribution in [3.63, 3.8) is 0 Å². The van der Waals surface area contributed by atoms with Gasteiger partial charge in [-0.2, -0.15) is 12.6 Å². The number of rotatable bonds is 3. The third-order valence-corrected chi connectivity index (χ3v) is 3.64. The SMILES string of the molecule is CC(O)c1cccc(N2CC(CS)CC2=O)c1. The maximum Gasteiger partial charge on any atom is 0.227 e. The highest BCUT2D eigenvalue weighted by atomic mass is 32.1. The van der Waals surface area contributed by atoms with Gasteiger partial charge in [-0.05, 0) is 36.3 Å². The molecule has 1 aliphatic heterocycles. The summed E-state index contributed by atoms with van der Waals surface area (Å²) in [6, 6.07) is 7.53. The third-order valence-electron chi connectivity index (χ3n) is 3.13. The van der Waals surface area contributed by atoms with E-state index in [0.717, 1.165) is 23.5 Å². The van der Waals surface area contributed by atoms with Gasteiger partial charge >= 0.3 is 0 Å². The van der Waals surface area contributed by atoms with Gasteiger partial charge in [0.15, 0.2) is 0 Å². The summed E-state index contributed by atoms with van der Waals surface area (Å²) in [5.41, 5.74) is 1.71. The minimum atomic E-state index is -0.506. The number of amides is 1. The summed E-state index contributed by atoms with van der Waals surface area (Å²) in [6.45, 7) is 2.45. The lowest BCUT2D eigenvalue weighted by molar-refractivity contribution is -0.117. The number of hydrogen-bond donors (Lipinski definition) is 2. The van der Waals surface area contributed by atoms with E-state index in [2.05, 4.69) is 12.6 Å². The van der Waals surface area contributed by atoms with Crippen LogP contribution in [-0.2, 0) is 4.79 Å². The summed E-state index contributed by atoms with van der Waals surface area (Å²) in [4.78, 5) is 13.6. The van der Waals surface area contributed by atoms with Crippen molar-refractivity contribution in [2.45, 2.75) is 19.4 Å². The average Bonchev–Trinajstić information content (AvgIpc) is 2.71. The van der Waals surface area contributed by atoms with Crippen LogP contribution >= 0.6 is 12.6 Å². The Bertz CT molecular complexity index is 420. The molecular formula is C13H17NO2S. The molecule has 0 aromatic heterocycles. The number of benzene rings is 1. The number of nitrogens with zero attached hydrogens (tertiary/aromatic N) is 1. The van der Waals surface area contributed by atoms with E-state index < -0.39 is 6.10 Å². The van der Waals surface area contributed by atoms with E-state index in [4.69, 9.17) is 0 Å². The van der Waals surface area contributed by atoms with E-state index in [-0.39, 0.29) is 5.91 Å². The molecule has 92 valence electrons. The molecule has 4 heteroatoms. The highest BCUT2D eigenvalue weighted by molar-refractivity contribution is 7.80. The van der Waals surface area contributed by atoms with E-state index in [1.807, 2.05) is 24.3 Å². The van der Waals surface area contributed by atoms with Crippen LogP contribution in [0, 0.1) is 5.92 Å². The van der Waals surface area contributed by atoms with E-state index in [0.29, 0.717) is 12.3 Å². The molecule has 1 aromatic carbocycles. The van der Waals surface area contributed by atoms with Gasteiger partial charge in [0.05, 0.1) is 6.10 Å². The molecule has 1 heterocycles. The lowest BCUT2D eigenvalue weighted by Gasteiger charge is -2.18. The molecular weight excluding hydrogens is 234 g/mol. The minimum absolute atomic E-state index is 0.145. The fourth-order valence-electron chi connectivity index (χ4n) is 2.11. The minimum Gasteiger partial charge on any atom is -0.389 e. The first-order valence-electron chi connectivity index (χ1n) is 5.81. The van der Waals surface area contributed by atoms with Crippen molar-refractivity contribution in [2.75, 3.05) is 17.2 Å². The summed E-state index contributed by atoms with van der Waals surface area (Å²) in [6.07, 6.45) is 0.0657. The molecule has 0 spiro atoms. The Morgan fingerprint density at radius 2 is 2.35 bits per heavy atom. The summed E-state index contributed by atoms with van der Waals surface area (Å²) < 4.78 is 0. The quantitative estimate of drug-likeness (QED) is 0.807. The van der Waals surface area contributed by atoms with Crippen molar-refractivity contribution < 1.29 is 9.90 Å². The van der Waals surface area contributed by atoms with Crippen LogP contribution in [0.15, 0.2) is 24.3 Å². The van der Waals surface area contributed by atoms with Gasteiger partial charge in [-0.3, -0.25) is 4.79 Å². The van der Waals surface area contributed by atoms with Crippen molar-refractivity contribution in [2.24, 2.45) is 5.92 Å². The Balaban J connectivity index is 2.22. The van der Waals surface area contributed by atoms with E-state index in [1.165, 1.54) is 0 Å². The van der Waals surface area contributed by atoms with Crippen LogP contribution in [0.2, 0.25) is 0 Å². The fourth-order valence-corrected chi connectivity index (χ4v) is 2.35. The van der Waals surface area contributed by atoms with Gasteiger partial charge in [0.2, 0.25) is 5.91 Å². The van der Waals surface area contributed by atoms with Crippen LogP contribution in [-0.4, -0.2) is 23.3 Å². The Kier molecular flexibility index (Phi) is 3.74. The van der Waals surface area contributed by atoms with Gasteiger partial charge in [-0.1, -0.05) is 12.1 Å². The average molecular weight is 251 g/mol. The molecule has 0 bridgehead atoms. The topological polar surface area (TPSA) is 40.5 Å². The molecule has 1 aromatic rings. The van der Waals surface area contributed by atoms with Crippen molar-refractivity contribution in [3.8, 4) is 0 Å². The number of thiol groups is 1. The van der Waals surface area contributed by atoms with Gasteiger partial charge in [0.1, 0.15) is 0 Å². The predicted octanol–water partition coefficient (Wildman–Crippen LogP) is 2.02. The standard InChI is InChI=1S/C13H17NO2S/c1-9(15)11-3-2-4-12(6-11)14-7-10(8-17)5-13(14)16/h2-4,6,9-10,15,17H,5,7-8H2,1H3. The first-order valence-corrected chi connectivity index (χ1v) is 6.44. The maximum atomic E-state index is 11.9. The summed E-state index contributed by atoms with van der Waals surface area (Å²) >= 11 is 4.24. The summed E-state index contributed by atoms with van der Waals surface area (Å²) in [5, 5.41) is 9.54. The summed E-state index contributed by atoms with van der Waals surface area (Å²) in [5.74, 6) is 1.21. The molecule has 1 N–H and O–H groups in total. The second-order valence-corrected chi connectivity index (χ2v) is 4.89. The van der Waals surface area contributed by atoms with Crippen molar-refractivity contribution in [1.82, 2.24) is 0 Å². The monoisotopic (exact) mass is 251 g/mol. The van der Waals surface area contributed by atoms with E-state index >= 15 is 0 Å². The summed E-state index contributed by atoms with van der Waals surface area (Å²) in [7, 11) is 0. The number of aliphatic hydroxyl groups excluding tert-OH is 1. The Morgan fingerprint density at radius 3 is 2.94 bits per heavy atom. The van der Waals surface area contributed by atoms with Gasteiger partial charge in [-0.25, -0.2) is 0 Å². The lowest BCUT2D eigenvalue weighted by atomic mass is 10.1. The first kappa shape index (κ1) is 12.5. The molecule has 1 saturated heterocycles. The molecule has 1 aliphatic rings. The van der Waals surface area contributed by atoms with Gasteiger partial charge < -0.3 is 10.0 Å². The molecule has 0 aliphatic carbocycles. The Hall–Kier alpha value is -1.00. The fraction of sp³-hybridized carbons (Fsp3) is 0.462. The third kappa shape index (κ3) is 2.64.